The number of allylic oxidation sites excluding steroid dienone is 1. The van der Waals surface area contributed by atoms with Crippen LogP contribution in [0.1, 0.15) is 33.4 Å². The summed E-state index contributed by atoms with van der Waals surface area (Å²) in [6, 6.07) is 60.9. The molecule has 0 saturated heterocycles. The summed E-state index contributed by atoms with van der Waals surface area (Å²) < 4.78 is 0. The molecule has 0 saturated carbocycles. The van der Waals surface area contributed by atoms with E-state index in [0.29, 0.717) is 5.84 Å². The monoisotopic (exact) mass is 598 g/mol. The van der Waals surface area contributed by atoms with Gasteiger partial charge in [-0.05, 0) is 68.1 Å². The molecule has 1 spiro atoms. The lowest BCUT2D eigenvalue weighted by Crippen LogP contribution is -2.26. The third kappa shape index (κ3) is 4.05. The van der Waals surface area contributed by atoms with Gasteiger partial charge in [0.1, 0.15) is 0 Å². The van der Waals surface area contributed by atoms with Gasteiger partial charge in [-0.2, -0.15) is 0 Å². The molecule has 0 fully saturated rings. The Morgan fingerprint density at radius 2 is 0.957 bits per heavy atom. The van der Waals surface area contributed by atoms with Crippen LogP contribution in [0, 0.1) is 0 Å². The van der Waals surface area contributed by atoms with Gasteiger partial charge in [0, 0.05) is 16.7 Å². The standard InChI is InChI=1S/C45H30N2/c1-46-44(33-14-3-2-4-15-33)47-43-38-19-9-12-22-41(38)45(39-20-10-7-17-36(39)37-18-8-11-21-40(37)45)42(43)32-26-23-31(24-27-32)35-28-25-30-13-5-6-16-34(30)29-35/h2-29H,1H2. The Labute approximate surface area is 274 Å². The maximum atomic E-state index is 5.41. The molecule has 2 aliphatic carbocycles. The molecule has 0 aliphatic heterocycles. The number of rotatable bonds is 4. The molecule has 0 atom stereocenters. The lowest BCUT2D eigenvalue weighted by atomic mass is 9.68. The molecular formula is C45H30N2. The van der Waals surface area contributed by atoms with Crippen LogP contribution < -0.4 is 0 Å². The Balaban J connectivity index is 1.34. The fraction of sp³-hybridized carbons (Fsp3) is 0.0222. The molecule has 2 aliphatic rings. The van der Waals surface area contributed by atoms with Gasteiger partial charge in [0.15, 0.2) is 5.84 Å². The van der Waals surface area contributed by atoms with Crippen molar-refractivity contribution in [1.82, 2.24) is 0 Å². The minimum atomic E-state index is -0.546. The SMILES string of the molecule is C=NC(=NC1=C(c2ccc(-c3ccc4ccccc4c3)cc2)C2(c3ccccc31)c1ccccc1-c1ccccc12)c1ccccc1. The second-order valence-corrected chi connectivity index (χ2v) is 12.2. The van der Waals surface area contributed by atoms with E-state index in [-0.39, 0.29) is 0 Å². The quantitative estimate of drug-likeness (QED) is 0.142. The number of benzene rings is 7. The second kappa shape index (κ2) is 10.8. The largest absolute Gasteiger partial charge is 0.245 e. The highest BCUT2D eigenvalue weighted by molar-refractivity contribution is 6.13. The lowest BCUT2D eigenvalue weighted by Gasteiger charge is -2.32. The van der Waals surface area contributed by atoms with Crippen molar-refractivity contribution in [2.75, 3.05) is 0 Å². The molecule has 0 N–H and O–H groups in total. The number of aliphatic imine (C=N–C) groups is 2. The molecule has 0 unspecified atom stereocenters. The summed E-state index contributed by atoms with van der Waals surface area (Å²) in [5.41, 5.74) is 13.4. The summed E-state index contributed by atoms with van der Waals surface area (Å²) in [6.45, 7) is 3.96. The summed E-state index contributed by atoms with van der Waals surface area (Å²) in [7, 11) is 0. The average molecular weight is 599 g/mol. The Hall–Kier alpha value is -6.12. The molecule has 2 nitrogen and oxygen atoms in total. The maximum absolute atomic E-state index is 5.41. The van der Waals surface area contributed by atoms with Crippen molar-refractivity contribution in [2.24, 2.45) is 9.98 Å². The number of hydrogen-bond acceptors (Lipinski definition) is 1. The smallest absolute Gasteiger partial charge is 0.159 e. The number of nitrogens with zero attached hydrogens (tertiary/aromatic N) is 2. The highest BCUT2D eigenvalue weighted by Crippen LogP contribution is 2.64. The fourth-order valence-corrected chi connectivity index (χ4v) is 7.81. The van der Waals surface area contributed by atoms with Gasteiger partial charge in [-0.3, -0.25) is 0 Å². The van der Waals surface area contributed by atoms with Gasteiger partial charge < -0.3 is 0 Å². The molecule has 220 valence electrons. The van der Waals surface area contributed by atoms with Gasteiger partial charge in [0.05, 0.1) is 11.1 Å². The molecule has 7 aromatic carbocycles. The number of fused-ring (bicyclic) bond motifs is 8. The van der Waals surface area contributed by atoms with Crippen LogP contribution in [0.15, 0.2) is 180 Å². The van der Waals surface area contributed by atoms with Gasteiger partial charge in [-0.25, -0.2) is 9.98 Å². The molecule has 2 heteroatoms. The van der Waals surface area contributed by atoms with Crippen molar-refractivity contribution >= 4 is 34.6 Å². The molecule has 0 amide bonds. The van der Waals surface area contributed by atoms with E-state index in [1.807, 2.05) is 30.3 Å². The van der Waals surface area contributed by atoms with E-state index >= 15 is 0 Å². The van der Waals surface area contributed by atoms with E-state index < -0.39 is 5.41 Å². The van der Waals surface area contributed by atoms with Crippen LogP contribution in [0.25, 0.3) is 44.3 Å². The van der Waals surface area contributed by atoms with Crippen molar-refractivity contribution in [2.45, 2.75) is 5.41 Å². The van der Waals surface area contributed by atoms with Crippen molar-refractivity contribution in [1.29, 1.82) is 0 Å². The summed E-state index contributed by atoms with van der Waals surface area (Å²) in [6.07, 6.45) is 0. The first-order valence-corrected chi connectivity index (χ1v) is 16.0. The first kappa shape index (κ1) is 27.2. The molecule has 0 radical (unpaired) electrons. The lowest BCUT2D eigenvalue weighted by molar-refractivity contribution is 0.842. The van der Waals surface area contributed by atoms with Crippen molar-refractivity contribution in [3.05, 3.63) is 203 Å². The van der Waals surface area contributed by atoms with E-state index in [1.54, 1.807) is 0 Å². The summed E-state index contributed by atoms with van der Waals surface area (Å²) in [5.74, 6) is 0.609. The van der Waals surface area contributed by atoms with Gasteiger partial charge in [-0.15, -0.1) is 0 Å². The van der Waals surface area contributed by atoms with Crippen LogP contribution in [-0.4, -0.2) is 12.6 Å². The zero-order valence-corrected chi connectivity index (χ0v) is 25.8. The van der Waals surface area contributed by atoms with Crippen LogP contribution in [0.4, 0.5) is 0 Å². The summed E-state index contributed by atoms with van der Waals surface area (Å²) >= 11 is 0. The Morgan fingerprint density at radius 3 is 1.62 bits per heavy atom. The molecular weight excluding hydrogens is 569 g/mol. The van der Waals surface area contributed by atoms with Gasteiger partial charge in [0.25, 0.3) is 0 Å². The first-order chi connectivity index (χ1) is 23.3. The fourth-order valence-electron chi connectivity index (χ4n) is 7.81. The van der Waals surface area contributed by atoms with Gasteiger partial charge >= 0.3 is 0 Å². The van der Waals surface area contributed by atoms with E-state index in [4.69, 9.17) is 4.99 Å². The highest BCUT2D eigenvalue weighted by atomic mass is 14.9. The third-order valence-electron chi connectivity index (χ3n) is 9.81. The zero-order chi connectivity index (χ0) is 31.4. The van der Waals surface area contributed by atoms with Crippen LogP contribution in [0.3, 0.4) is 0 Å². The minimum absolute atomic E-state index is 0.546. The molecule has 0 aromatic heterocycles. The maximum Gasteiger partial charge on any atom is 0.159 e. The molecule has 0 bridgehead atoms. The summed E-state index contributed by atoms with van der Waals surface area (Å²) in [5, 5.41) is 2.48. The van der Waals surface area contributed by atoms with Crippen LogP contribution in [-0.2, 0) is 5.41 Å². The normalized spacial score (nSPS) is 14.3. The minimum Gasteiger partial charge on any atom is -0.245 e. The van der Waals surface area contributed by atoms with Crippen LogP contribution >= 0.6 is 0 Å². The first-order valence-electron chi connectivity index (χ1n) is 16.0. The third-order valence-corrected chi connectivity index (χ3v) is 9.81. The van der Waals surface area contributed by atoms with E-state index in [9.17, 15) is 0 Å². The molecule has 47 heavy (non-hydrogen) atoms. The van der Waals surface area contributed by atoms with E-state index in [1.165, 1.54) is 55.3 Å². The van der Waals surface area contributed by atoms with Gasteiger partial charge in [-0.1, -0.05) is 164 Å². The average Bonchev–Trinajstić information content (AvgIpc) is 3.61. The van der Waals surface area contributed by atoms with Crippen molar-refractivity contribution in [3.8, 4) is 22.3 Å². The molecule has 9 rings (SSSR count). The molecule has 0 heterocycles. The van der Waals surface area contributed by atoms with Gasteiger partial charge in [0.2, 0.25) is 0 Å². The van der Waals surface area contributed by atoms with Crippen molar-refractivity contribution < 1.29 is 0 Å². The predicted molar refractivity (Wildman–Crippen MR) is 197 cm³/mol. The van der Waals surface area contributed by atoms with Crippen LogP contribution in [0.2, 0.25) is 0 Å². The Morgan fingerprint density at radius 1 is 0.447 bits per heavy atom. The predicted octanol–water partition coefficient (Wildman–Crippen LogP) is 10.9. The van der Waals surface area contributed by atoms with E-state index in [0.717, 1.165) is 22.4 Å². The van der Waals surface area contributed by atoms with Crippen LogP contribution in [0.5, 0.6) is 0 Å². The highest BCUT2D eigenvalue weighted by Gasteiger charge is 2.53. The molecule has 7 aromatic rings. The Kier molecular flexibility index (Phi) is 6.22. The van der Waals surface area contributed by atoms with Crippen molar-refractivity contribution in [3.63, 3.8) is 0 Å². The topological polar surface area (TPSA) is 24.7 Å². The Bertz CT molecular complexity index is 2370. The summed E-state index contributed by atoms with van der Waals surface area (Å²) in [4.78, 5) is 9.88. The number of hydrogen-bond donors (Lipinski definition) is 0. The number of amidine groups is 1. The zero-order valence-electron chi connectivity index (χ0n) is 25.8. The second-order valence-electron chi connectivity index (χ2n) is 12.2. The van der Waals surface area contributed by atoms with E-state index in [2.05, 4.69) is 151 Å².